The number of rotatable bonds is 6. The highest BCUT2D eigenvalue weighted by atomic mass is 14.5. The van der Waals surface area contributed by atoms with Gasteiger partial charge in [-0.25, -0.2) is 0 Å². The lowest BCUT2D eigenvalue weighted by atomic mass is 9.91. The minimum absolute atomic E-state index is 0.725. The number of benzene rings is 1. The summed E-state index contributed by atoms with van der Waals surface area (Å²) in [6, 6.07) is 10.8. The fourth-order valence-corrected chi connectivity index (χ4v) is 1.87. The molecular weight excluding hydrogens is 170 g/mol. The van der Waals surface area contributed by atoms with Crippen LogP contribution in [0.1, 0.15) is 44.1 Å². The Balaban J connectivity index is 2.46. The van der Waals surface area contributed by atoms with Gasteiger partial charge in [0.2, 0.25) is 0 Å². The van der Waals surface area contributed by atoms with Crippen LogP contribution in [0.4, 0.5) is 0 Å². The van der Waals surface area contributed by atoms with Crippen LogP contribution in [0, 0.1) is 0 Å². The van der Waals surface area contributed by atoms with Crippen molar-refractivity contribution in [1.82, 2.24) is 0 Å². The van der Waals surface area contributed by atoms with Gasteiger partial charge in [-0.15, -0.1) is 0 Å². The van der Waals surface area contributed by atoms with E-state index < -0.39 is 0 Å². The molecule has 1 rings (SSSR count). The summed E-state index contributed by atoms with van der Waals surface area (Å²) in [6.07, 6.45) is 4.92. The monoisotopic (exact) mass is 191 g/mol. The first-order chi connectivity index (χ1) is 6.88. The first-order valence-electron chi connectivity index (χ1n) is 5.63. The van der Waals surface area contributed by atoms with Crippen molar-refractivity contribution < 1.29 is 0 Å². The van der Waals surface area contributed by atoms with Gasteiger partial charge in [0.05, 0.1) is 0 Å². The standard InChI is InChI=1S/C13H21N/c1-2-12(8-6-7-11-14)13-9-4-3-5-10-13/h3-5,9-10,12H,2,6-8,11,14H2,1H3. The van der Waals surface area contributed by atoms with Crippen LogP contribution in [0.15, 0.2) is 30.3 Å². The van der Waals surface area contributed by atoms with Crippen LogP contribution in [0.25, 0.3) is 0 Å². The summed E-state index contributed by atoms with van der Waals surface area (Å²) in [4.78, 5) is 0. The average Bonchev–Trinajstić information content (AvgIpc) is 2.26. The Morgan fingerprint density at radius 3 is 2.43 bits per heavy atom. The lowest BCUT2D eigenvalue weighted by Crippen LogP contribution is -2.01. The number of hydrogen-bond acceptors (Lipinski definition) is 1. The van der Waals surface area contributed by atoms with Gasteiger partial charge in [-0.3, -0.25) is 0 Å². The molecule has 0 aromatic heterocycles. The van der Waals surface area contributed by atoms with Crippen molar-refractivity contribution in [2.75, 3.05) is 6.54 Å². The highest BCUT2D eigenvalue weighted by molar-refractivity contribution is 5.19. The van der Waals surface area contributed by atoms with Crippen molar-refractivity contribution >= 4 is 0 Å². The van der Waals surface area contributed by atoms with Crippen LogP contribution < -0.4 is 5.73 Å². The van der Waals surface area contributed by atoms with E-state index in [1.165, 1.54) is 24.8 Å². The maximum Gasteiger partial charge on any atom is -0.00773 e. The maximum atomic E-state index is 5.49. The van der Waals surface area contributed by atoms with Crippen molar-refractivity contribution in [1.29, 1.82) is 0 Å². The lowest BCUT2D eigenvalue weighted by molar-refractivity contribution is 0.561. The van der Waals surface area contributed by atoms with Crippen LogP contribution in [0.2, 0.25) is 0 Å². The fraction of sp³-hybridized carbons (Fsp3) is 0.538. The molecule has 1 unspecified atom stereocenters. The topological polar surface area (TPSA) is 26.0 Å². The van der Waals surface area contributed by atoms with Gasteiger partial charge in [-0.05, 0) is 37.3 Å². The molecule has 1 nitrogen and oxygen atoms in total. The number of nitrogens with two attached hydrogens (primary N) is 1. The van der Waals surface area contributed by atoms with Crippen molar-refractivity contribution in [2.24, 2.45) is 5.73 Å². The second-order valence-corrected chi connectivity index (χ2v) is 3.80. The van der Waals surface area contributed by atoms with E-state index in [4.69, 9.17) is 5.73 Å². The molecule has 1 heteroatoms. The largest absolute Gasteiger partial charge is 0.330 e. The molecule has 78 valence electrons. The molecule has 2 N–H and O–H groups in total. The van der Waals surface area contributed by atoms with Gasteiger partial charge in [0, 0.05) is 0 Å². The number of unbranched alkanes of at least 4 members (excludes halogenated alkanes) is 1. The van der Waals surface area contributed by atoms with Crippen LogP contribution in [0.5, 0.6) is 0 Å². The molecule has 0 aliphatic carbocycles. The Kier molecular flexibility index (Phi) is 5.31. The first kappa shape index (κ1) is 11.3. The predicted molar refractivity (Wildman–Crippen MR) is 62.4 cm³/mol. The van der Waals surface area contributed by atoms with E-state index in [1.807, 2.05) is 0 Å². The molecule has 0 aliphatic rings. The third kappa shape index (κ3) is 3.51. The Labute approximate surface area is 87.3 Å². The highest BCUT2D eigenvalue weighted by Crippen LogP contribution is 2.24. The Hall–Kier alpha value is -0.820. The average molecular weight is 191 g/mol. The van der Waals surface area contributed by atoms with E-state index in [2.05, 4.69) is 37.3 Å². The van der Waals surface area contributed by atoms with E-state index in [0.29, 0.717) is 0 Å². The molecular formula is C13H21N. The van der Waals surface area contributed by atoms with Gasteiger partial charge in [0.25, 0.3) is 0 Å². The SMILES string of the molecule is CCC(CCCCN)c1ccccc1. The van der Waals surface area contributed by atoms with Gasteiger partial charge in [-0.1, -0.05) is 43.7 Å². The zero-order valence-corrected chi connectivity index (χ0v) is 9.08. The summed E-state index contributed by atoms with van der Waals surface area (Å²) < 4.78 is 0. The third-order valence-electron chi connectivity index (χ3n) is 2.77. The van der Waals surface area contributed by atoms with E-state index in [1.54, 1.807) is 0 Å². The van der Waals surface area contributed by atoms with E-state index in [9.17, 15) is 0 Å². The van der Waals surface area contributed by atoms with Crippen molar-refractivity contribution in [3.63, 3.8) is 0 Å². The van der Waals surface area contributed by atoms with E-state index >= 15 is 0 Å². The van der Waals surface area contributed by atoms with Crippen molar-refractivity contribution in [3.8, 4) is 0 Å². The second-order valence-electron chi connectivity index (χ2n) is 3.80. The Bertz CT molecular complexity index is 230. The van der Waals surface area contributed by atoms with E-state index in [-0.39, 0.29) is 0 Å². The Morgan fingerprint density at radius 2 is 1.86 bits per heavy atom. The van der Waals surface area contributed by atoms with Gasteiger partial charge in [-0.2, -0.15) is 0 Å². The molecule has 0 spiro atoms. The molecule has 0 fully saturated rings. The van der Waals surface area contributed by atoms with Gasteiger partial charge in [0.15, 0.2) is 0 Å². The van der Waals surface area contributed by atoms with E-state index in [0.717, 1.165) is 18.9 Å². The summed E-state index contributed by atoms with van der Waals surface area (Å²) in [5, 5.41) is 0. The van der Waals surface area contributed by atoms with Crippen molar-refractivity contribution in [3.05, 3.63) is 35.9 Å². The van der Waals surface area contributed by atoms with Crippen LogP contribution in [0.3, 0.4) is 0 Å². The molecule has 14 heavy (non-hydrogen) atoms. The van der Waals surface area contributed by atoms with Gasteiger partial charge in [0.1, 0.15) is 0 Å². The predicted octanol–water partition coefficient (Wildman–Crippen LogP) is 3.31. The molecule has 0 aliphatic heterocycles. The third-order valence-corrected chi connectivity index (χ3v) is 2.77. The maximum absolute atomic E-state index is 5.49. The minimum atomic E-state index is 0.725. The molecule has 0 saturated carbocycles. The highest BCUT2D eigenvalue weighted by Gasteiger charge is 2.07. The summed E-state index contributed by atoms with van der Waals surface area (Å²) in [7, 11) is 0. The first-order valence-corrected chi connectivity index (χ1v) is 5.63. The summed E-state index contributed by atoms with van der Waals surface area (Å²) in [5.74, 6) is 0.725. The fourth-order valence-electron chi connectivity index (χ4n) is 1.87. The van der Waals surface area contributed by atoms with Crippen LogP contribution in [-0.4, -0.2) is 6.54 Å². The zero-order valence-electron chi connectivity index (χ0n) is 9.08. The van der Waals surface area contributed by atoms with Crippen LogP contribution >= 0.6 is 0 Å². The number of hydrogen-bond donors (Lipinski definition) is 1. The molecule has 1 atom stereocenters. The molecule has 1 aromatic carbocycles. The smallest absolute Gasteiger partial charge is 0.00773 e. The minimum Gasteiger partial charge on any atom is -0.330 e. The molecule has 0 saturated heterocycles. The summed E-state index contributed by atoms with van der Waals surface area (Å²) >= 11 is 0. The molecule has 0 radical (unpaired) electrons. The van der Waals surface area contributed by atoms with Crippen LogP contribution in [-0.2, 0) is 0 Å². The lowest BCUT2D eigenvalue weighted by Gasteiger charge is -2.14. The second kappa shape index (κ2) is 6.61. The zero-order chi connectivity index (χ0) is 10.2. The molecule has 0 amide bonds. The molecule has 0 bridgehead atoms. The summed E-state index contributed by atoms with van der Waals surface area (Å²) in [5.41, 5.74) is 6.97. The molecule has 1 aromatic rings. The molecule has 0 heterocycles. The quantitative estimate of drug-likeness (QED) is 0.686. The Morgan fingerprint density at radius 1 is 1.14 bits per heavy atom. The summed E-state index contributed by atoms with van der Waals surface area (Å²) in [6.45, 7) is 3.09. The van der Waals surface area contributed by atoms with Gasteiger partial charge < -0.3 is 5.73 Å². The van der Waals surface area contributed by atoms with Crippen molar-refractivity contribution in [2.45, 2.75) is 38.5 Å². The van der Waals surface area contributed by atoms with Gasteiger partial charge >= 0.3 is 0 Å². The normalized spacial score (nSPS) is 12.7.